The Bertz CT molecular complexity index is 882. The molecular weight excluding hydrogens is 288 g/mol. The van der Waals surface area contributed by atoms with Crippen molar-refractivity contribution in [3.8, 4) is 5.75 Å². The zero-order chi connectivity index (χ0) is 16.0. The van der Waals surface area contributed by atoms with Crippen molar-refractivity contribution in [1.82, 2.24) is 9.55 Å². The summed E-state index contributed by atoms with van der Waals surface area (Å²) in [6, 6.07) is 10.5. The normalized spacial score (nSPS) is 16.7. The van der Waals surface area contributed by atoms with Crippen LogP contribution in [0.3, 0.4) is 0 Å². The van der Waals surface area contributed by atoms with Gasteiger partial charge in [-0.15, -0.1) is 0 Å². The summed E-state index contributed by atoms with van der Waals surface area (Å²) in [5.41, 5.74) is 6.74. The maximum absolute atomic E-state index is 10.0. The first-order valence-corrected chi connectivity index (χ1v) is 7.95. The smallest absolute Gasteiger partial charge is 0.121 e. The van der Waals surface area contributed by atoms with E-state index in [1.165, 1.54) is 11.1 Å². The summed E-state index contributed by atoms with van der Waals surface area (Å²) in [5.74, 6) is 0.913. The minimum absolute atomic E-state index is 0.330. The van der Waals surface area contributed by atoms with E-state index in [1.54, 1.807) is 7.11 Å². The Morgan fingerprint density at radius 3 is 2.96 bits per heavy atom. The van der Waals surface area contributed by atoms with Crippen molar-refractivity contribution >= 4 is 11.0 Å². The van der Waals surface area contributed by atoms with Gasteiger partial charge in [0.15, 0.2) is 0 Å². The highest BCUT2D eigenvalue weighted by atomic mass is 16.5. The molecule has 3 aromatic rings. The summed E-state index contributed by atoms with van der Waals surface area (Å²) in [4.78, 5) is 4.51. The van der Waals surface area contributed by atoms with Crippen molar-refractivity contribution in [2.75, 3.05) is 7.11 Å². The fraction of sp³-hybridized carbons (Fsp3) is 0.316. The zero-order valence-corrected chi connectivity index (χ0v) is 13.4. The number of fused-ring (bicyclic) bond motifs is 2. The van der Waals surface area contributed by atoms with Crippen LogP contribution in [0.1, 0.15) is 34.8 Å². The average molecular weight is 308 g/mol. The minimum Gasteiger partial charge on any atom is -0.496 e. The molecule has 0 spiro atoms. The highest BCUT2D eigenvalue weighted by molar-refractivity contribution is 5.78. The van der Waals surface area contributed by atoms with Gasteiger partial charge in [-0.05, 0) is 60.2 Å². The maximum Gasteiger partial charge on any atom is 0.121 e. The minimum atomic E-state index is -0.330. The number of hydrogen-bond acceptors (Lipinski definition) is 3. The first-order valence-electron chi connectivity index (χ1n) is 7.95. The third-order valence-electron chi connectivity index (χ3n) is 4.74. The van der Waals surface area contributed by atoms with Crippen LogP contribution in [0.5, 0.6) is 5.75 Å². The van der Waals surface area contributed by atoms with E-state index >= 15 is 0 Å². The van der Waals surface area contributed by atoms with Crippen LogP contribution in [0.4, 0.5) is 0 Å². The molecule has 0 fully saturated rings. The Hall–Kier alpha value is -2.33. The highest BCUT2D eigenvalue weighted by Crippen LogP contribution is 2.34. The molecular formula is C19H20N2O2. The van der Waals surface area contributed by atoms with E-state index in [4.69, 9.17) is 4.74 Å². The molecule has 1 unspecified atom stereocenters. The van der Waals surface area contributed by atoms with Gasteiger partial charge in [-0.1, -0.05) is 12.1 Å². The molecule has 1 aromatic heterocycles. The van der Waals surface area contributed by atoms with Crippen molar-refractivity contribution in [3.05, 3.63) is 58.9 Å². The van der Waals surface area contributed by atoms with E-state index < -0.39 is 0 Å². The van der Waals surface area contributed by atoms with Gasteiger partial charge in [0.2, 0.25) is 0 Å². The summed E-state index contributed by atoms with van der Waals surface area (Å²) in [7, 11) is 1.69. The SMILES string of the molecule is COc1ccc(Cn2cnc3cc4c(cc32)CCC4O)cc1C. The van der Waals surface area contributed by atoms with Gasteiger partial charge in [0.25, 0.3) is 0 Å². The Morgan fingerprint density at radius 2 is 2.17 bits per heavy atom. The van der Waals surface area contributed by atoms with Crippen LogP contribution in [-0.4, -0.2) is 21.8 Å². The zero-order valence-electron chi connectivity index (χ0n) is 13.4. The largest absolute Gasteiger partial charge is 0.496 e. The number of benzene rings is 2. The molecule has 1 aliphatic rings. The third-order valence-corrected chi connectivity index (χ3v) is 4.74. The first-order chi connectivity index (χ1) is 11.2. The number of aromatic nitrogens is 2. The topological polar surface area (TPSA) is 47.3 Å². The number of ether oxygens (including phenoxy) is 1. The van der Waals surface area contributed by atoms with Gasteiger partial charge >= 0.3 is 0 Å². The molecule has 1 N–H and O–H groups in total. The van der Waals surface area contributed by atoms with Gasteiger partial charge in [-0.2, -0.15) is 0 Å². The van der Waals surface area contributed by atoms with Gasteiger partial charge in [0, 0.05) is 6.54 Å². The van der Waals surface area contributed by atoms with Crippen LogP contribution in [0.2, 0.25) is 0 Å². The molecule has 4 rings (SSSR count). The number of imidazole rings is 1. The molecule has 4 nitrogen and oxygen atoms in total. The molecule has 1 heterocycles. The molecule has 0 saturated heterocycles. The van der Waals surface area contributed by atoms with E-state index in [2.05, 4.69) is 34.7 Å². The van der Waals surface area contributed by atoms with Crippen LogP contribution >= 0.6 is 0 Å². The summed E-state index contributed by atoms with van der Waals surface area (Å²) < 4.78 is 7.49. The lowest BCUT2D eigenvalue weighted by Gasteiger charge is -2.10. The second-order valence-corrected chi connectivity index (χ2v) is 6.27. The molecule has 4 heteroatoms. The van der Waals surface area contributed by atoms with Crippen molar-refractivity contribution in [3.63, 3.8) is 0 Å². The van der Waals surface area contributed by atoms with Crippen LogP contribution < -0.4 is 4.74 Å². The second kappa shape index (κ2) is 5.39. The van der Waals surface area contributed by atoms with E-state index in [1.807, 2.05) is 18.5 Å². The Morgan fingerprint density at radius 1 is 1.30 bits per heavy atom. The number of aliphatic hydroxyl groups is 1. The van der Waals surface area contributed by atoms with Gasteiger partial charge in [-0.3, -0.25) is 0 Å². The standard InChI is InChI=1S/C19H20N2O2/c1-12-7-13(3-6-19(12)23-2)10-21-11-20-16-9-15-14(8-17(16)21)4-5-18(15)22/h3,6-9,11,18,22H,4-5,10H2,1-2H3. The molecule has 1 aliphatic carbocycles. The van der Waals surface area contributed by atoms with E-state index in [-0.39, 0.29) is 6.10 Å². The molecule has 1 atom stereocenters. The summed E-state index contributed by atoms with van der Waals surface area (Å²) in [5, 5.41) is 10.0. The molecule has 0 aliphatic heterocycles. The van der Waals surface area contributed by atoms with Crippen LogP contribution in [0, 0.1) is 6.92 Å². The van der Waals surface area contributed by atoms with Crippen LogP contribution in [0.15, 0.2) is 36.7 Å². The Balaban J connectivity index is 1.71. The lowest BCUT2D eigenvalue weighted by atomic mass is 10.1. The second-order valence-electron chi connectivity index (χ2n) is 6.27. The van der Waals surface area contributed by atoms with Crippen molar-refractivity contribution < 1.29 is 9.84 Å². The fourth-order valence-corrected chi connectivity index (χ4v) is 3.50. The van der Waals surface area contributed by atoms with E-state index in [0.717, 1.165) is 47.3 Å². The lowest BCUT2D eigenvalue weighted by molar-refractivity contribution is 0.180. The summed E-state index contributed by atoms with van der Waals surface area (Å²) in [6.45, 7) is 2.84. The summed E-state index contributed by atoms with van der Waals surface area (Å²) in [6.07, 6.45) is 3.31. The Kier molecular flexibility index (Phi) is 3.34. The van der Waals surface area contributed by atoms with Gasteiger partial charge < -0.3 is 14.4 Å². The lowest BCUT2D eigenvalue weighted by Crippen LogP contribution is -1.99. The molecule has 0 bridgehead atoms. The van der Waals surface area contributed by atoms with Crippen molar-refractivity contribution in [1.29, 1.82) is 0 Å². The molecule has 118 valence electrons. The molecule has 0 radical (unpaired) electrons. The van der Waals surface area contributed by atoms with Crippen LogP contribution in [0.25, 0.3) is 11.0 Å². The van der Waals surface area contributed by atoms with Gasteiger partial charge in [0.05, 0.1) is 30.6 Å². The van der Waals surface area contributed by atoms with Crippen molar-refractivity contribution in [2.45, 2.75) is 32.4 Å². The fourth-order valence-electron chi connectivity index (χ4n) is 3.50. The maximum atomic E-state index is 10.0. The van der Waals surface area contributed by atoms with E-state index in [0.29, 0.717) is 0 Å². The number of aryl methyl sites for hydroxylation is 2. The third kappa shape index (κ3) is 2.39. The monoisotopic (exact) mass is 308 g/mol. The van der Waals surface area contributed by atoms with Gasteiger partial charge in [-0.25, -0.2) is 4.98 Å². The number of aliphatic hydroxyl groups excluding tert-OH is 1. The molecule has 0 saturated carbocycles. The predicted molar refractivity (Wildman–Crippen MR) is 89.8 cm³/mol. The number of rotatable bonds is 3. The van der Waals surface area contributed by atoms with Gasteiger partial charge in [0.1, 0.15) is 5.75 Å². The molecule has 2 aromatic carbocycles. The molecule has 23 heavy (non-hydrogen) atoms. The molecule has 0 amide bonds. The number of nitrogens with zero attached hydrogens (tertiary/aromatic N) is 2. The van der Waals surface area contributed by atoms with E-state index in [9.17, 15) is 5.11 Å². The predicted octanol–water partition coefficient (Wildman–Crippen LogP) is 3.38. The summed E-state index contributed by atoms with van der Waals surface area (Å²) >= 11 is 0. The highest BCUT2D eigenvalue weighted by Gasteiger charge is 2.21. The Labute approximate surface area is 135 Å². The average Bonchev–Trinajstić information content (AvgIpc) is 3.10. The van der Waals surface area contributed by atoms with Crippen LogP contribution in [-0.2, 0) is 13.0 Å². The number of hydrogen-bond donors (Lipinski definition) is 1. The van der Waals surface area contributed by atoms with Crippen molar-refractivity contribution in [2.24, 2.45) is 0 Å². The number of methoxy groups -OCH3 is 1. The quantitative estimate of drug-likeness (QED) is 0.807. The first kappa shape index (κ1) is 14.3.